The smallest absolute Gasteiger partial charge is 0.164 e. The number of aromatic nitrogens is 3. The molecular weight excluding hydrogens is 508 g/mol. The summed E-state index contributed by atoms with van der Waals surface area (Å²) in [4.78, 5) is 14.6. The van der Waals surface area contributed by atoms with E-state index in [1.165, 1.54) is 0 Å². The lowest BCUT2D eigenvalue weighted by Crippen LogP contribution is -2.18. The normalized spacial score (nSPS) is 16.7. The van der Waals surface area contributed by atoms with Crippen molar-refractivity contribution >= 4 is 5.69 Å². The van der Waals surface area contributed by atoms with Crippen molar-refractivity contribution in [3.63, 3.8) is 0 Å². The third-order valence-corrected chi connectivity index (χ3v) is 7.24. The van der Waals surface area contributed by atoms with Crippen molar-refractivity contribution in [2.75, 3.05) is 5.73 Å². The minimum atomic E-state index is -0.114. The average Bonchev–Trinajstić information content (AvgIpc) is 3.40. The number of nitrogen functional groups attached to an aromatic ring is 1. The number of benzene rings is 4. The maximum absolute atomic E-state index is 6.28. The summed E-state index contributed by atoms with van der Waals surface area (Å²) in [6.45, 7) is 4.16. The summed E-state index contributed by atoms with van der Waals surface area (Å²) in [7, 11) is 0. The minimum absolute atomic E-state index is 0.0116. The van der Waals surface area contributed by atoms with E-state index in [9.17, 15) is 0 Å². The summed E-state index contributed by atoms with van der Waals surface area (Å²) < 4.78 is 12.3. The highest BCUT2D eigenvalue weighted by Crippen LogP contribution is 2.44. The first-order chi connectivity index (χ1) is 20.1. The van der Waals surface area contributed by atoms with Crippen LogP contribution in [-0.2, 0) is 0 Å². The van der Waals surface area contributed by atoms with Crippen LogP contribution in [0.25, 0.3) is 34.2 Å². The number of fused-ring (bicyclic) bond motifs is 3. The Balaban J connectivity index is 1.25. The maximum Gasteiger partial charge on any atom is 0.164 e. The van der Waals surface area contributed by atoms with Crippen molar-refractivity contribution in [3.8, 4) is 45.7 Å². The number of allylic oxidation sites excluding steroid dienone is 1. The molecule has 198 valence electrons. The zero-order valence-corrected chi connectivity index (χ0v) is 22.1. The third kappa shape index (κ3) is 4.76. The Morgan fingerprint density at radius 3 is 2.00 bits per heavy atom. The zero-order chi connectivity index (χ0) is 27.8. The quantitative estimate of drug-likeness (QED) is 0.181. The maximum atomic E-state index is 6.28. The van der Waals surface area contributed by atoms with Crippen molar-refractivity contribution in [1.82, 2.24) is 15.0 Å². The molecular formula is C35H26N4O2. The number of nitrogens with two attached hydrogens (primary N) is 1. The summed E-state index contributed by atoms with van der Waals surface area (Å²) in [6, 6.07) is 33.4. The molecule has 4 aromatic carbocycles. The second-order valence-corrected chi connectivity index (χ2v) is 9.94. The molecule has 2 unspecified atom stereocenters. The van der Waals surface area contributed by atoms with Crippen LogP contribution in [0.2, 0.25) is 0 Å². The molecule has 0 saturated carbocycles. The molecule has 0 fully saturated rings. The number of anilines is 1. The van der Waals surface area contributed by atoms with E-state index in [0.717, 1.165) is 33.6 Å². The fraction of sp³-hybridized carbons (Fsp3) is 0.0571. The lowest BCUT2D eigenvalue weighted by atomic mass is 9.88. The van der Waals surface area contributed by atoms with Crippen LogP contribution >= 0.6 is 0 Å². The third-order valence-electron chi connectivity index (χ3n) is 7.24. The molecule has 1 aliphatic carbocycles. The standard InChI is InChI=1S/C35H26N4O2/c1-22(40-32-15-9-8-14-29(32)36)25-16-18-30-27(20-25)28-21-26(17-19-31(28)41-30)35-38-33(23-10-4-2-5-11-23)37-34(39-35)24-12-6-3-7-13-24/h2-21,27,30H,1,36H2. The van der Waals surface area contributed by atoms with E-state index in [1.54, 1.807) is 6.07 Å². The Hall–Kier alpha value is -5.49. The molecule has 0 spiro atoms. The molecule has 2 N–H and O–H groups in total. The fourth-order valence-corrected chi connectivity index (χ4v) is 5.13. The number of hydrogen-bond donors (Lipinski definition) is 1. The first-order valence-electron chi connectivity index (χ1n) is 13.4. The van der Waals surface area contributed by atoms with Crippen molar-refractivity contribution in [1.29, 1.82) is 0 Å². The Bertz CT molecular complexity index is 1770. The lowest BCUT2D eigenvalue weighted by Gasteiger charge is -2.20. The van der Waals surface area contributed by atoms with Gasteiger partial charge in [-0.25, -0.2) is 15.0 Å². The summed E-state index contributed by atoms with van der Waals surface area (Å²) in [5.74, 6) is 3.79. The Labute approximate surface area is 238 Å². The highest BCUT2D eigenvalue weighted by atomic mass is 16.5. The molecule has 2 aliphatic rings. The monoisotopic (exact) mass is 534 g/mol. The lowest BCUT2D eigenvalue weighted by molar-refractivity contribution is 0.268. The van der Waals surface area contributed by atoms with Gasteiger partial charge < -0.3 is 15.2 Å². The Kier molecular flexibility index (Phi) is 6.13. The topological polar surface area (TPSA) is 83.2 Å². The second kappa shape index (κ2) is 10.2. The summed E-state index contributed by atoms with van der Waals surface area (Å²) in [5.41, 5.74) is 11.3. The van der Waals surface area contributed by atoms with Gasteiger partial charge in [-0.2, -0.15) is 0 Å². The minimum Gasteiger partial charge on any atom is -0.485 e. The van der Waals surface area contributed by atoms with E-state index >= 15 is 0 Å². The summed E-state index contributed by atoms with van der Waals surface area (Å²) in [5, 5.41) is 0. The predicted octanol–water partition coefficient (Wildman–Crippen LogP) is 7.39. The van der Waals surface area contributed by atoms with E-state index < -0.39 is 0 Å². The van der Waals surface area contributed by atoms with Crippen molar-refractivity contribution < 1.29 is 9.47 Å². The van der Waals surface area contributed by atoms with Crippen LogP contribution in [0.4, 0.5) is 5.69 Å². The number of ether oxygens (including phenoxy) is 2. The second-order valence-electron chi connectivity index (χ2n) is 9.94. The van der Waals surface area contributed by atoms with Gasteiger partial charge in [-0.05, 0) is 36.4 Å². The molecule has 1 aromatic heterocycles. The molecule has 41 heavy (non-hydrogen) atoms. The van der Waals surface area contributed by atoms with E-state index in [2.05, 4.69) is 18.7 Å². The Morgan fingerprint density at radius 1 is 0.732 bits per heavy atom. The number of rotatable bonds is 6. The van der Waals surface area contributed by atoms with E-state index in [1.807, 2.05) is 103 Å². The van der Waals surface area contributed by atoms with Gasteiger partial charge in [0, 0.05) is 33.7 Å². The molecule has 6 nitrogen and oxygen atoms in total. The predicted molar refractivity (Wildman–Crippen MR) is 161 cm³/mol. The van der Waals surface area contributed by atoms with Gasteiger partial charge in [-0.3, -0.25) is 0 Å². The van der Waals surface area contributed by atoms with E-state index in [0.29, 0.717) is 34.7 Å². The average molecular weight is 535 g/mol. The molecule has 6 heteroatoms. The SMILES string of the molecule is C=C(Oc1ccccc1N)C1=CC2c3cc(-c4nc(-c5ccccc5)nc(-c5ccccc5)n4)ccc3OC2C=C1. The number of para-hydroxylation sites is 2. The molecule has 0 amide bonds. The van der Waals surface area contributed by atoms with Gasteiger partial charge in [0.05, 0.1) is 5.69 Å². The van der Waals surface area contributed by atoms with Gasteiger partial charge in [0.2, 0.25) is 0 Å². The molecule has 0 saturated heterocycles. The van der Waals surface area contributed by atoms with Crippen molar-refractivity contribution in [2.24, 2.45) is 0 Å². The van der Waals surface area contributed by atoms with E-state index in [4.69, 9.17) is 30.2 Å². The van der Waals surface area contributed by atoms with E-state index in [-0.39, 0.29) is 12.0 Å². The number of nitrogens with zero attached hydrogens (tertiary/aromatic N) is 3. The van der Waals surface area contributed by atoms with Crippen LogP contribution in [0.1, 0.15) is 11.5 Å². The van der Waals surface area contributed by atoms with Gasteiger partial charge in [0.25, 0.3) is 0 Å². The van der Waals surface area contributed by atoms with Crippen molar-refractivity contribution in [2.45, 2.75) is 12.0 Å². The molecule has 5 aromatic rings. The molecule has 1 aliphatic heterocycles. The van der Waals surface area contributed by atoms with Gasteiger partial charge >= 0.3 is 0 Å². The van der Waals surface area contributed by atoms with Crippen LogP contribution in [-0.4, -0.2) is 21.1 Å². The van der Waals surface area contributed by atoms with Gasteiger partial charge in [-0.1, -0.05) is 91.5 Å². The van der Waals surface area contributed by atoms with Crippen LogP contribution in [0, 0.1) is 0 Å². The Morgan fingerprint density at radius 2 is 1.34 bits per heavy atom. The highest BCUT2D eigenvalue weighted by molar-refractivity contribution is 5.68. The van der Waals surface area contributed by atoms with Crippen LogP contribution in [0.3, 0.4) is 0 Å². The van der Waals surface area contributed by atoms with Crippen LogP contribution < -0.4 is 15.2 Å². The molecule has 0 bridgehead atoms. The fourth-order valence-electron chi connectivity index (χ4n) is 5.13. The highest BCUT2D eigenvalue weighted by Gasteiger charge is 2.34. The molecule has 0 radical (unpaired) electrons. The summed E-state index contributed by atoms with van der Waals surface area (Å²) >= 11 is 0. The zero-order valence-electron chi connectivity index (χ0n) is 22.1. The van der Waals surface area contributed by atoms with Crippen LogP contribution in [0.15, 0.2) is 139 Å². The molecule has 7 rings (SSSR count). The van der Waals surface area contributed by atoms with Gasteiger partial charge in [-0.15, -0.1) is 0 Å². The molecule has 2 atom stereocenters. The van der Waals surface area contributed by atoms with Gasteiger partial charge in [0.15, 0.2) is 17.5 Å². The number of hydrogen-bond acceptors (Lipinski definition) is 6. The summed E-state index contributed by atoms with van der Waals surface area (Å²) in [6.07, 6.45) is 6.06. The largest absolute Gasteiger partial charge is 0.485 e. The first-order valence-corrected chi connectivity index (χ1v) is 13.4. The van der Waals surface area contributed by atoms with Crippen LogP contribution in [0.5, 0.6) is 11.5 Å². The van der Waals surface area contributed by atoms with Gasteiger partial charge in [0.1, 0.15) is 23.4 Å². The first kappa shape index (κ1) is 24.5. The van der Waals surface area contributed by atoms with Crippen molar-refractivity contribution in [3.05, 3.63) is 145 Å². The molecule has 2 heterocycles.